The number of carbonyl (C=O) groups excluding carboxylic acids is 1. The van der Waals surface area contributed by atoms with Crippen LogP contribution < -0.4 is 10.0 Å². The molecule has 0 saturated heterocycles. The second-order valence-corrected chi connectivity index (χ2v) is 9.60. The molecule has 0 aliphatic rings. The maximum atomic E-state index is 13.9. The van der Waals surface area contributed by atoms with Crippen molar-refractivity contribution in [1.82, 2.24) is 9.78 Å². The zero-order valence-electron chi connectivity index (χ0n) is 18.0. The number of hydrogen-bond acceptors (Lipinski definition) is 4. The van der Waals surface area contributed by atoms with E-state index >= 15 is 0 Å². The molecule has 3 aromatic carbocycles. The van der Waals surface area contributed by atoms with Crippen molar-refractivity contribution in [1.29, 1.82) is 0 Å². The standard InChI is InChI=1S/C24H20ClFN4O3S/c1-16-10-11-19(12-23(16)34(32,33)29-22-9-5-4-8-21(22)26)28-24(31)18-13-27-30(15-18)14-17-6-2-3-7-20(17)25/h2-13,15,29H,14H2,1H3,(H,28,31). The van der Waals surface area contributed by atoms with Gasteiger partial charge in [0.2, 0.25) is 0 Å². The molecule has 174 valence electrons. The zero-order valence-corrected chi connectivity index (χ0v) is 19.6. The van der Waals surface area contributed by atoms with E-state index in [-0.39, 0.29) is 16.3 Å². The van der Waals surface area contributed by atoms with E-state index in [0.717, 1.165) is 11.6 Å². The molecule has 1 amide bonds. The van der Waals surface area contributed by atoms with Crippen LogP contribution in [0.1, 0.15) is 21.5 Å². The van der Waals surface area contributed by atoms with Crippen LogP contribution >= 0.6 is 11.6 Å². The van der Waals surface area contributed by atoms with Gasteiger partial charge in [0.15, 0.2) is 0 Å². The highest BCUT2D eigenvalue weighted by Gasteiger charge is 2.20. The molecule has 1 aromatic heterocycles. The van der Waals surface area contributed by atoms with Crippen molar-refractivity contribution in [3.63, 3.8) is 0 Å². The van der Waals surface area contributed by atoms with Crippen LogP contribution in [0.3, 0.4) is 0 Å². The molecule has 0 aliphatic heterocycles. The number of aromatic nitrogens is 2. The van der Waals surface area contributed by atoms with Gasteiger partial charge in [-0.05, 0) is 48.4 Å². The molecule has 0 bridgehead atoms. The topological polar surface area (TPSA) is 93.1 Å². The fourth-order valence-corrected chi connectivity index (χ4v) is 4.82. The van der Waals surface area contributed by atoms with E-state index in [1.807, 2.05) is 18.2 Å². The van der Waals surface area contributed by atoms with Gasteiger partial charge in [-0.25, -0.2) is 12.8 Å². The second kappa shape index (κ2) is 9.66. The summed E-state index contributed by atoms with van der Waals surface area (Å²) in [6, 6.07) is 17.3. The van der Waals surface area contributed by atoms with E-state index < -0.39 is 21.7 Å². The number of rotatable bonds is 7. The van der Waals surface area contributed by atoms with Crippen LogP contribution in [0.4, 0.5) is 15.8 Å². The highest BCUT2D eigenvalue weighted by molar-refractivity contribution is 7.92. The number of halogens is 2. The zero-order chi connectivity index (χ0) is 24.3. The summed E-state index contributed by atoms with van der Waals surface area (Å²) in [5, 5.41) is 7.47. The predicted octanol–water partition coefficient (Wildman–Crippen LogP) is 5.09. The third kappa shape index (κ3) is 5.27. The molecular weight excluding hydrogens is 479 g/mol. The smallest absolute Gasteiger partial charge is 0.262 e. The third-order valence-corrected chi connectivity index (χ3v) is 6.92. The Bertz CT molecular complexity index is 1470. The van der Waals surface area contributed by atoms with Crippen molar-refractivity contribution in [2.24, 2.45) is 0 Å². The summed E-state index contributed by atoms with van der Waals surface area (Å²) in [5.74, 6) is -1.15. The van der Waals surface area contributed by atoms with Gasteiger partial charge in [-0.15, -0.1) is 0 Å². The molecule has 10 heteroatoms. The number of amides is 1. The van der Waals surface area contributed by atoms with Crippen molar-refractivity contribution in [3.05, 3.63) is 107 Å². The summed E-state index contributed by atoms with van der Waals surface area (Å²) in [4.78, 5) is 12.6. The molecule has 0 fully saturated rings. The fraction of sp³-hybridized carbons (Fsp3) is 0.0833. The van der Waals surface area contributed by atoms with Gasteiger partial charge in [0, 0.05) is 16.9 Å². The molecule has 0 radical (unpaired) electrons. The first kappa shape index (κ1) is 23.5. The number of para-hydroxylation sites is 1. The minimum Gasteiger partial charge on any atom is -0.322 e. The molecule has 0 atom stereocenters. The van der Waals surface area contributed by atoms with Gasteiger partial charge in [-0.3, -0.25) is 14.2 Å². The molecule has 4 rings (SSSR count). The Morgan fingerprint density at radius 2 is 1.82 bits per heavy atom. The summed E-state index contributed by atoms with van der Waals surface area (Å²) in [7, 11) is -4.09. The molecule has 2 N–H and O–H groups in total. The molecule has 34 heavy (non-hydrogen) atoms. The molecule has 0 aliphatic carbocycles. The lowest BCUT2D eigenvalue weighted by molar-refractivity contribution is 0.102. The van der Waals surface area contributed by atoms with Crippen molar-refractivity contribution < 1.29 is 17.6 Å². The fourth-order valence-electron chi connectivity index (χ4n) is 3.28. The minimum absolute atomic E-state index is 0.0806. The lowest BCUT2D eigenvalue weighted by Crippen LogP contribution is -2.16. The Balaban J connectivity index is 1.51. The number of nitrogens with one attached hydrogen (secondary N) is 2. The third-order valence-electron chi connectivity index (χ3n) is 5.04. The van der Waals surface area contributed by atoms with Crippen molar-refractivity contribution in [2.45, 2.75) is 18.4 Å². The highest BCUT2D eigenvalue weighted by Crippen LogP contribution is 2.24. The lowest BCUT2D eigenvalue weighted by atomic mass is 10.2. The minimum atomic E-state index is -4.09. The SMILES string of the molecule is Cc1ccc(NC(=O)c2cnn(Cc3ccccc3Cl)c2)cc1S(=O)(=O)Nc1ccccc1F. The van der Waals surface area contributed by atoms with Gasteiger partial charge in [0.05, 0.1) is 28.9 Å². The number of sulfonamides is 1. The molecule has 0 spiro atoms. The van der Waals surface area contributed by atoms with E-state index in [0.29, 0.717) is 22.7 Å². The van der Waals surface area contributed by atoms with Crippen LogP contribution in [-0.2, 0) is 16.6 Å². The Morgan fingerprint density at radius 3 is 2.59 bits per heavy atom. The quantitative estimate of drug-likeness (QED) is 0.371. The Morgan fingerprint density at radius 1 is 1.09 bits per heavy atom. The number of carbonyl (C=O) groups is 1. The van der Waals surface area contributed by atoms with Gasteiger partial charge < -0.3 is 5.32 Å². The lowest BCUT2D eigenvalue weighted by Gasteiger charge is -2.13. The number of aryl methyl sites for hydroxylation is 1. The largest absolute Gasteiger partial charge is 0.322 e. The van der Waals surface area contributed by atoms with Crippen LogP contribution in [0.2, 0.25) is 5.02 Å². The summed E-state index contributed by atoms with van der Waals surface area (Å²) < 4.78 is 43.5. The number of anilines is 2. The summed E-state index contributed by atoms with van der Waals surface area (Å²) >= 11 is 6.18. The molecule has 0 unspecified atom stereocenters. The average molecular weight is 499 g/mol. The van der Waals surface area contributed by atoms with Gasteiger partial charge in [0.25, 0.3) is 15.9 Å². The average Bonchev–Trinajstić information content (AvgIpc) is 3.27. The second-order valence-electron chi connectivity index (χ2n) is 7.54. The molecule has 7 nitrogen and oxygen atoms in total. The normalized spacial score (nSPS) is 11.3. The maximum absolute atomic E-state index is 13.9. The first-order valence-corrected chi connectivity index (χ1v) is 12.0. The van der Waals surface area contributed by atoms with E-state index in [4.69, 9.17) is 11.6 Å². The van der Waals surface area contributed by atoms with Gasteiger partial charge in [-0.1, -0.05) is 48.0 Å². The van der Waals surface area contributed by atoms with Crippen LogP contribution in [0.5, 0.6) is 0 Å². The molecular formula is C24H20ClFN4O3S. The predicted molar refractivity (Wildman–Crippen MR) is 129 cm³/mol. The van der Waals surface area contributed by atoms with Crippen molar-refractivity contribution >= 4 is 38.9 Å². The van der Waals surface area contributed by atoms with Gasteiger partial charge >= 0.3 is 0 Å². The Hall–Kier alpha value is -3.69. The van der Waals surface area contributed by atoms with Crippen LogP contribution in [-0.4, -0.2) is 24.1 Å². The molecule has 0 saturated carbocycles. The van der Waals surface area contributed by atoms with E-state index in [2.05, 4.69) is 15.1 Å². The molecule has 4 aromatic rings. The number of benzene rings is 3. The van der Waals surface area contributed by atoms with Gasteiger partial charge in [0.1, 0.15) is 5.82 Å². The molecule has 1 heterocycles. The Kier molecular flexibility index (Phi) is 6.67. The van der Waals surface area contributed by atoms with E-state index in [1.54, 1.807) is 36.0 Å². The monoisotopic (exact) mass is 498 g/mol. The van der Waals surface area contributed by atoms with Crippen molar-refractivity contribution in [3.8, 4) is 0 Å². The van der Waals surface area contributed by atoms with Crippen LogP contribution in [0.25, 0.3) is 0 Å². The summed E-state index contributed by atoms with van der Waals surface area (Å²) in [6.45, 7) is 2.00. The van der Waals surface area contributed by atoms with E-state index in [1.165, 1.54) is 30.5 Å². The first-order chi connectivity index (χ1) is 16.2. The summed E-state index contributed by atoms with van der Waals surface area (Å²) in [5.41, 5.74) is 1.69. The first-order valence-electron chi connectivity index (χ1n) is 10.2. The maximum Gasteiger partial charge on any atom is 0.262 e. The Labute approximate surface area is 201 Å². The van der Waals surface area contributed by atoms with E-state index in [9.17, 15) is 17.6 Å². The number of nitrogens with zero attached hydrogens (tertiary/aromatic N) is 2. The summed E-state index contributed by atoms with van der Waals surface area (Å²) in [6.07, 6.45) is 2.99. The van der Waals surface area contributed by atoms with Crippen LogP contribution in [0.15, 0.2) is 84.0 Å². The number of hydrogen-bond donors (Lipinski definition) is 2. The highest BCUT2D eigenvalue weighted by atomic mass is 35.5. The van der Waals surface area contributed by atoms with Crippen molar-refractivity contribution in [2.75, 3.05) is 10.0 Å². The van der Waals surface area contributed by atoms with Crippen LogP contribution in [0, 0.1) is 12.7 Å². The van der Waals surface area contributed by atoms with Gasteiger partial charge in [-0.2, -0.15) is 5.10 Å².